The molecule has 7 heteroatoms. The molecule has 0 aliphatic heterocycles. The molecule has 3 N–H and O–H groups in total. The molecule has 1 aliphatic rings. The summed E-state index contributed by atoms with van der Waals surface area (Å²) < 4.78 is 3.56. The number of aryl methyl sites for hydroxylation is 1. The maximum atomic E-state index is 12.1. The summed E-state index contributed by atoms with van der Waals surface area (Å²) in [5.41, 5.74) is 6.99. The van der Waals surface area contributed by atoms with Gasteiger partial charge in [0, 0.05) is 19.3 Å². The molecule has 3 rings (SSSR count). The van der Waals surface area contributed by atoms with Crippen molar-refractivity contribution >= 4 is 11.6 Å². The van der Waals surface area contributed by atoms with Gasteiger partial charge in [0.1, 0.15) is 12.0 Å². The van der Waals surface area contributed by atoms with E-state index in [1.54, 1.807) is 24.1 Å². The van der Waals surface area contributed by atoms with Gasteiger partial charge >= 0.3 is 0 Å². The van der Waals surface area contributed by atoms with E-state index in [2.05, 4.69) is 15.4 Å². The first-order chi connectivity index (χ1) is 9.13. The van der Waals surface area contributed by atoms with Crippen molar-refractivity contribution < 1.29 is 4.79 Å². The molecule has 0 spiro atoms. The number of amides is 1. The molecule has 0 atom stereocenters. The van der Waals surface area contributed by atoms with Gasteiger partial charge in [0.15, 0.2) is 5.82 Å². The first kappa shape index (κ1) is 11.8. The molecule has 1 fully saturated rings. The summed E-state index contributed by atoms with van der Waals surface area (Å²) in [5, 5.41) is 6.92. The summed E-state index contributed by atoms with van der Waals surface area (Å²) in [6.07, 6.45) is 5.64. The third kappa shape index (κ3) is 2.44. The lowest BCUT2D eigenvalue weighted by atomic mass is 10.3. The van der Waals surface area contributed by atoms with Crippen molar-refractivity contribution in [2.75, 3.05) is 5.73 Å². The molecule has 1 saturated carbocycles. The molecule has 0 unspecified atom stereocenters. The van der Waals surface area contributed by atoms with Crippen LogP contribution in [0, 0.1) is 0 Å². The summed E-state index contributed by atoms with van der Waals surface area (Å²) in [5.74, 6) is 0.449. The number of hydrogen-bond acceptors (Lipinski definition) is 4. The molecule has 100 valence electrons. The number of hydrogen-bond donors (Lipinski definition) is 2. The topological polar surface area (TPSA) is 90.8 Å². The minimum atomic E-state index is -0.143. The van der Waals surface area contributed by atoms with Crippen LogP contribution in [0.5, 0.6) is 0 Å². The van der Waals surface area contributed by atoms with E-state index < -0.39 is 0 Å². The van der Waals surface area contributed by atoms with E-state index in [1.165, 1.54) is 0 Å². The second-order valence-corrected chi connectivity index (χ2v) is 4.81. The molecule has 2 aromatic heterocycles. The molecule has 19 heavy (non-hydrogen) atoms. The monoisotopic (exact) mass is 260 g/mol. The summed E-state index contributed by atoms with van der Waals surface area (Å²) in [4.78, 5) is 16.2. The molecular formula is C12H16N6O. The highest BCUT2D eigenvalue weighted by molar-refractivity contribution is 5.93. The average molecular weight is 260 g/mol. The van der Waals surface area contributed by atoms with Crippen molar-refractivity contribution in [3.05, 3.63) is 30.1 Å². The van der Waals surface area contributed by atoms with Crippen LogP contribution in [-0.4, -0.2) is 25.2 Å². The van der Waals surface area contributed by atoms with Gasteiger partial charge in [-0.15, -0.1) is 0 Å². The van der Waals surface area contributed by atoms with Gasteiger partial charge < -0.3 is 15.6 Å². The van der Waals surface area contributed by atoms with Gasteiger partial charge in [0.05, 0.1) is 12.2 Å². The molecule has 0 aromatic carbocycles. The molecule has 2 heterocycles. The quantitative estimate of drug-likeness (QED) is 0.835. The molecule has 0 bridgehead atoms. The Morgan fingerprint density at radius 2 is 2.37 bits per heavy atom. The number of rotatable bonds is 4. The number of aromatic nitrogens is 4. The van der Waals surface area contributed by atoms with E-state index in [1.807, 2.05) is 10.8 Å². The maximum absolute atomic E-state index is 12.1. The van der Waals surface area contributed by atoms with Crippen LogP contribution in [0.4, 0.5) is 5.69 Å². The largest absolute Gasteiger partial charge is 0.397 e. The van der Waals surface area contributed by atoms with Crippen molar-refractivity contribution in [2.24, 2.45) is 7.05 Å². The zero-order valence-electron chi connectivity index (χ0n) is 10.7. The van der Waals surface area contributed by atoms with Crippen molar-refractivity contribution in [3.63, 3.8) is 0 Å². The third-order valence-corrected chi connectivity index (χ3v) is 3.10. The van der Waals surface area contributed by atoms with E-state index in [0.29, 0.717) is 29.8 Å². The number of nitrogen functional groups attached to an aromatic ring is 1. The van der Waals surface area contributed by atoms with Crippen LogP contribution in [0.15, 0.2) is 18.6 Å². The Balaban J connectivity index is 1.70. The Kier molecular flexibility index (Phi) is 2.73. The molecule has 0 saturated heterocycles. The molecule has 1 amide bonds. The summed E-state index contributed by atoms with van der Waals surface area (Å²) in [6, 6.07) is 2.13. The van der Waals surface area contributed by atoms with Crippen molar-refractivity contribution in [2.45, 2.75) is 25.4 Å². The highest BCUT2D eigenvalue weighted by Gasteiger charge is 2.27. The molecule has 7 nitrogen and oxygen atoms in total. The van der Waals surface area contributed by atoms with E-state index in [4.69, 9.17) is 5.73 Å². The van der Waals surface area contributed by atoms with E-state index in [9.17, 15) is 4.79 Å². The van der Waals surface area contributed by atoms with E-state index in [-0.39, 0.29) is 5.91 Å². The summed E-state index contributed by atoms with van der Waals surface area (Å²) >= 11 is 0. The maximum Gasteiger partial charge on any atom is 0.268 e. The zero-order valence-corrected chi connectivity index (χ0v) is 10.7. The summed E-state index contributed by atoms with van der Waals surface area (Å²) in [6.45, 7) is 0.315. The lowest BCUT2D eigenvalue weighted by Gasteiger charge is -2.07. The van der Waals surface area contributed by atoms with Gasteiger partial charge in [-0.05, 0) is 18.9 Å². The second kappa shape index (κ2) is 4.42. The molecule has 1 aliphatic carbocycles. The van der Waals surface area contributed by atoms with Gasteiger partial charge in [0.25, 0.3) is 5.91 Å². The van der Waals surface area contributed by atoms with Crippen LogP contribution in [0.1, 0.15) is 35.2 Å². The number of nitrogens with one attached hydrogen (secondary N) is 1. The Morgan fingerprint density at radius 3 is 3.00 bits per heavy atom. The van der Waals surface area contributed by atoms with Crippen molar-refractivity contribution in [1.82, 2.24) is 24.6 Å². The van der Waals surface area contributed by atoms with Gasteiger partial charge in [0.2, 0.25) is 0 Å². The van der Waals surface area contributed by atoms with Crippen LogP contribution in [0.3, 0.4) is 0 Å². The number of nitrogens with two attached hydrogens (primary N) is 1. The predicted molar refractivity (Wildman–Crippen MR) is 69.3 cm³/mol. The number of carbonyl (C=O) groups is 1. The fourth-order valence-corrected chi connectivity index (χ4v) is 2.05. The number of anilines is 1. The summed E-state index contributed by atoms with van der Waals surface area (Å²) in [7, 11) is 1.79. The Morgan fingerprint density at radius 1 is 1.58 bits per heavy atom. The normalized spacial score (nSPS) is 14.6. The SMILES string of the molecule is Cn1cnc(CNC(=O)c2cc(N)cn2C2CC2)n1. The smallest absolute Gasteiger partial charge is 0.268 e. The lowest BCUT2D eigenvalue weighted by molar-refractivity contribution is 0.0940. The van der Waals surface area contributed by atoms with Crippen LogP contribution in [-0.2, 0) is 13.6 Å². The first-order valence-corrected chi connectivity index (χ1v) is 6.23. The highest BCUT2D eigenvalue weighted by Crippen LogP contribution is 2.37. The first-order valence-electron chi connectivity index (χ1n) is 6.23. The molecule has 0 radical (unpaired) electrons. The minimum absolute atomic E-state index is 0.143. The molecular weight excluding hydrogens is 244 g/mol. The Bertz CT molecular complexity index is 610. The van der Waals surface area contributed by atoms with Crippen molar-refractivity contribution in [1.29, 1.82) is 0 Å². The van der Waals surface area contributed by atoms with Gasteiger partial charge in [-0.2, -0.15) is 5.10 Å². The average Bonchev–Trinajstić information content (AvgIpc) is 3.03. The minimum Gasteiger partial charge on any atom is -0.397 e. The fourth-order valence-electron chi connectivity index (χ4n) is 2.05. The standard InChI is InChI=1S/C12H16N6O/c1-17-7-15-11(16-17)5-14-12(19)10-4-8(13)6-18(10)9-2-3-9/h4,6-7,9H,2-3,5,13H2,1H3,(H,14,19). The van der Waals surface area contributed by atoms with Gasteiger partial charge in [-0.1, -0.05) is 0 Å². The predicted octanol–water partition coefficient (Wildman–Crippen LogP) is 0.464. The lowest BCUT2D eigenvalue weighted by Crippen LogP contribution is -2.25. The Hall–Kier alpha value is -2.31. The molecule has 2 aromatic rings. The number of carbonyl (C=O) groups excluding carboxylic acids is 1. The number of nitrogens with zero attached hydrogens (tertiary/aromatic N) is 4. The second-order valence-electron chi connectivity index (χ2n) is 4.81. The van der Waals surface area contributed by atoms with Crippen LogP contribution < -0.4 is 11.1 Å². The van der Waals surface area contributed by atoms with Crippen LogP contribution >= 0.6 is 0 Å². The van der Waals surface area contributed by atoms with Gasteiger partial charge in [-0.25, -0.2) is 4.98 Å². The van der Waals surface area contributed by atoms with Crippen LogP contribution in [0.2, 0.25) is 0 Å². The van der Waals surface area contributed by atoms with Crippen molar-refractivity contribution in [3.8, 4) is 0 Å². The van der Waals surface area contributed by atoms with E-state index in [0.717, 1.165) is 12.8 Å². The highest BCUT2D eigenvalue weighted by atomic mass is 16.1. The van der Waals surface area contributed by atoms with E-state index >= 15 is 0 Å². The zero-order chi connectivity index (χ0) is 13.4. The fraction of sp³-hybridized carbons (Fsp3) is 0.417. The van der Waals surface area contributed by atoms with Gasteiger partial charge in [-0.3, -0.25) is 9.48 Å². The third-order valence-electron chi connectivity index (χ3n) is 3.10. The van der Waals surface area contributed by atoms with Crippen LogP contribution in [0.25, 0.3) is 0 Å². The Labute approximate surface area is 110 Å².